The fourth-order valence-corrected chi connectivity index (χ4v) is 5.07. The number of amides is 2. The fourth-order valence-electron chi connectivity index (χ4n) is 4.95. The molecule has 0 radical (unpaired) electrons. The summed E-state index contributed by atoms with van der Waals surface area (Å²) >= 11 is 5.62. The molecule has 1 heterocycles. The molecule has 1 aliphatic heterocycles. The molecule has 2 bridgehead atoms. The lowest BCUT2D eigenvalue weighted by molar-refractivity contribution is -0.169. The number of rotatable bonds is 6. The van der Waals surface area contributed by atoms with Crippen LogP contribution in [0.15, 0.2) is 18.2 Å². The van der Waals surface area contributed by atoms with E-state index in [0.717, 1.165) is 18.9 Å². The van der Waals surface area contributed by atoms with Crippen molar-refractivity contribution in [2.45, 2.75) is 43.6 Å². The number of hydrogen-bond acceptors (Lipinski definition) is 5. The molecule has 4 fully saturated rings. The van der Waals surface area contributed by atoms with Gasteiger partial charge < -0.3 is 15.4 Å². The molecule has 4 aliphatic rings. The van der Waals surface area contributed by atoms with E-state index in [0.29, 0.717) is 6.42 Å². The minimum atomic E-state index is -4.54. The zero-order valence-corrected chi connectivity index (χ0v) is 18.5. The number of fused-ring (bicyclic) bond motifs is 2. The van der Waals surface area contributed by atoms with Crippen molar-refractivity contribution in [3.8, 4) is 5.75 Å². The van der Waals surface area contributed by atoms with Crippen LogP contribution in [0.4, 0.5) is 17.6 Å². The summed E-state index contributed by atoms with van der Waals surface area (Å²) in [6.07, 6.45) is -2.53. The van der Waals surface area contributed by atoms with Gasteiger partial charge in [0.1, 0.15) is 17.6 Å². The van der Waals surface area contributed by atoms with Gasteiger partial charge in [0, 0.05) is 31.7 Å². The van der Waals surface area contributed by atoms with Gasteiger partial charge in [-0.05, 0) is 43.2 Å². The molecular weight excluding hydrogens is 468 g/mol. The van der Waals surface area contributed by atoms with Crippen molar-refractivity contribution >= 4 is 23.4 Å². The number of carbonyl (C=O) groups is 2. The van der Waals surface area contributed by atoms with Crippen LogP contribution in [-0.2, 0) is 9.59 Å². The molecule has 3 unspecified atom stereocenters. The van der Waals surface area contributed by atoms with Gasteiger partial charge in [0.2, 0.25) is 5.91 Å². The summed E-state index contributed by atoms with van der Waals surface area (Å²) < 4.78 is 58.7. The van der Waals surface area contributed by atoms with Gasteiger partial charge in [-0.3, -0.25) is 9.59 Å². The van der Waals surface area contributed by atoms with E-state index in [9.17, 15) is 27.2 Å². The van der Waals surface area contributed by atoms with Gasteiger partial charge in [-0.15, -0.1) is 0 Å². The highest BCUT2D eigenvalue weighted by molar-refractivity contribution is 6.30. The highest BCUT2D eigenvalue weighted by Gasteiger charge is 2.53. The Morgan fingerprint density at radius 3 is 2.48 bits per heavy atom. The van der Waals surface area contributed by atoms with Crippen LogP contribution in [0.25, 0.3) is 0 Å². The SMILES string of the molecule is CN1CC(C(=O)N[C@@H]2CC(NC(=O)COc3ccc(Cl)c(F)c3)C3CC2C3)C(C(F)(F)F)N1. The number of halogens is 5. The molecule has 3 aliphatic carbocycles. The summed E-state index contributed by atoms with van der Waals surface area (Å²) in [5, 5.41) is 6.90. The second kappa shape index (κ2) is 9.27. The summed E-state index contributed by atoms with van der Waals surface area (Å²) in [7, 11) is 1.47. The van der Waals surface area contributed by atoms with Gasteiger partial charge in [-0.25, -0.2) is 14.8 Å². The van der Waals surface area contributed by atoms with Crippen LogP contribution in [0.5, 0.6) is 5.75 Å². The van der Waals surface area contributed by atoms with Gasteiger partial charge in [-0.1, -0.05) is 11.6 Å². The molecule has 182 valence electrons. The first-order valence-corrected chi connectivity index (χ1v) is 11.1. The molecule has 1 aromatic rings. The van der Waals surface area contributed by atoms with Gasteiger partial charge in [0.15, 0.2) is 6.61 Å². The first-order valence-electron chi connectivity index (χ1n) is 10.7. The summed E-state index contributed by atoms with van der Waals surface area (Å²) in [5.41, 5.74) is 2.30. The Kier molecular flexibility index (Phi) is 6.75. The standard InChI is InChI=1S/C21H25ClF4N4O3/c1-30-8-13(19(29-30)21(24,25)26)20(32)28-17-7-16(10-4-11(17)5-10)27-18(31)9-33-12-2-3-14(22)15(23)6-12/h2-3,6,10-11,13,16-17,19,29H,4-5,7-9H2,1H3,(H,27,31)(H,28,32)/t10?,11?,13?,16?,17-,19?/m1/s1. The Morgan fingerprint density at radius 2 is 1.85 bits per heavy atom. The van der Waals surface area contributed by atoms with E-state index in [2.05, 4.69) is 16.1 Å². The van der Waals surface area contributed by atoms with E-state index < -0.39 is 35.8 Å². The smallest absolute Gasteiger partial charge is 0.405 e. The van der Waals surface area contributed by atoms with Crippen molar-refractivity contribution in [3.63, 3.8) is 0 Å². The van der Waals surface area contributed by atoms with E-state index >= 15 is 0 Å². The van der Waals surface area contributed by atoms with Crippen LogP contribution in [-0.4, -0.2) is 61.3 Å². The van der Waals surface area contributed by atoms with Gasteiger partial charge in [0.25, 0.3) is 5.91 Å². The van der Waals surface area contributed by atoms with Crippen LogP contribution in [0.3, 0.4) is 0 Å². The molecule has 7 nitrogen and oxygen atoms in total. The molecule has 1 aromatic carbocycles. The lowest BCUT2D eigenvalue weighted by Crippen LogP contribution is -2.61. The number of hydrazine groups is 1. The zero-order chi connectivity index (χ0) is 23.9. The molecule has 33 heavy (non-hydrogen) atoms. The summed E-state index contributed by atoms with van der Waals surface area (Å²) in [5.74, 6) is -2.32. The number of nitrogens with zero attached hydrogens (tertiary/aromatic N) is 1. The third-order valence-electron chi connectivity index (χ3n) is 6.71. The van der Waals surface area contributed by atoms with E-state index in [-0.39, 0.29) is 47.8 Å². The summed E-state index contributed by atoms with van der Waals surface area (Å²) in [6, 6.07) is 1.41. The lowest BCUT2D eigenvalue weighted by Gasteiger charge is -2.51. The molecule has 0 aromatic heterocycles. The third-order valence-corrected chi connectivity index (χ3v) is 7.02. The Bertz CT molecular complexity index is 912. The number of nitrogens with one attached hydrogen (secondary N) is 3. The maximum atomic E-state index is 13.5. The Hall–Kier alpha value is -2.11. The van der Waals surface area contributed by atoms with Crippen molar-refractivity contribution in [2.75, 3.05) is 20.2 Å². The van der Waals surface area contributed by atoms with Crippen LogP contribution in [0.2, 0.25) is 5.02 Å². The molecule has 3 saturated carbocycles. The van der Waals surface area contributed by atoms with Crippen LogP contribution in [0, 0.1) is 23.6 Å². The fraction of sp³-hybridized carbons (Fsp3) is 0.619. The summed E-state index contributed by atoms with van der Waals surface area (Å²) in [4.78, 5) is 25.0. The quantitative estimate of drug-likeness (QED) is 0.531. The van der Waals surface area contributed by atoms with Crippen molar-refractivity contribution in [1.29, 1.82) is 0 Å². The van der Waals surface area contributed by atoms with Crippen LogP contribution in [0.1, 0.15) is 19.3 Å². The normalized spacial score (nSPS) is 31.6. The lowest BCUT2D eigenvalue weighted by atomic mass is 9.60. The molecule has 4 atom stereocenters. The van der Waals surface area contributed by atoms with Crippen LogP contribution >= 0.6 is 11.6 Å². The molecule has 2 amide bonds. The Morgan fingerprint density at radius 1 is 1.18 bits per heavy atom. The van der Waals surface area contributed by atoms with E-state index in [1.54, 1.807) is 0 Å². The monoisotopic (exact) mass is 492 g/mol. The van der Waals surface area contributed by atoms with E-state index in [4.69, 9.17) is 16.3 Å². The maximum absolute atomic E-state index is 13.5. The van der Waals surface area contributed by atoms with Gasteiger partial charge in [0.05, 0.1) is 10.9 Å². The first-order chi connectivity index (χ1) is 15.5. The molecule has 0 spiro atoms. The van der Waals surface area contributed by atoms with Crippen molar-refractivity contribution in [3.05, 3.63) is 29.0 Å². The van der Waals surface area contributed by atoms with E-state index in [1.807, 2.05) is 0 Å². The summed E-state index contributed by atoms with van der Waals surface area (Å²) in [6.45, 7) is -0.364. The minimum absolute atomic E-state index is 0.0428. The van der Waals surface area contributed by atoms with Crippen molar-refractivity contribution in [2.24, 2.45) is 17.8 Å². The average Bonchev–Trinajstić information content (AvgIpc) is 3.10. The largest absolute Gasteiger partial charge is 0.484 e. The number of ether oxygens (including phenoxy) is 1. The van der Waals surface area contributed by atoms with E-state index in [1.165, 1.54) is 24.2 Å². The first kappa shape index (κ1) is 24.0. The number of hydrogen-bond donors (Lipinski definition) is 3. The Balaban J connectivity index is 1.30. The highest BCUT2D eigenvalue weighted by atomic mass is 35.5. The molecular formula is C21H25ClF4N4O3. The molecule has 1 saturated heterocycles. The molecule has 3 N–H and O–H groups in total. The van der Waals surface area contributed by atoms with Gasteiger partial charge in [-0.2, -0.15) is 13.2 Å². The number of carbonyl (C=O) groups excluding carboxylic acids is 2. The molecule has 5 rings (SSSR count). The van der Waals surface area contributed by atoms with Crippen LogP contribution < -0.4 is 20.8 Å². The molecule has 12 heteroatoms. The number of benzene rings is 1. The van der Waals surface area contributed by atoms with Crippen molar-refractivity contribution < 1.29 is 31.9 Å². The second-order valence-corrected chi connectivity index (χ2v) is 9.42. The predicted octanol–water partition coefficient (Wildman–Crippen LogP) is 2.25. The topological polar surface area (TPSA) is 82.7 Å². The Labute approximate surface area is 193 Å². The predicted molar refractivity (Wildman–Crippen MR) is 111 cm³/mol. The highest BCUT2D eigenvalue weighted by Crippen LogP contribution is 2.46. The maximum Gasteiger partial charge on any atom is 0.405 e. The zero-order valence-electron chi connectivity index (χ0n) is 17.8. The van der Waals surface area contributed by atoms with Gasteiger partial charge >= 0.3 is 6.18 Å². The number of alkyl halides is 3. The van der Waals surface area contributed by atoms with Crippen molar-refractivity contribution in [1.82, 2.24) is 21.1 Å². The minimum Gasteiger partial charge on any atom is -0.484 e. The third kappa shape index (κ3) is 5.36. The average molecular weight is 493 g/mol. The second-order valence-electron chi connectivity index (χ2n) is 9.02.